The van der Waals surface area contributed by atoms with E-state index in [9.17, 15) is 9.90 Å². The molecule has 0 bridgehead atoms. The Morgan fingerprint density at radius 2 is 1.79 bits per heavy atom. The highest BCUT2D eigenvalue weighted by atomic mass is 16.6. The normalized spacial score (nSPS) is 28.1. The molecule has 2 heterocycles. The number of rotatable bonds is 3. The first kappa shape index (κ1) is 17.7. The predicted octanol–water partition coefficient (Wildman–Crippen LogP) is 3.41. The van der Waals surface area contributed by atoms with Gasteiger partial charge in [-0.25, -0.2) is 4.79 Å². The van der Waals surface area contributed by atoms with Crippen molar-refractivity contribution in [2.75, 3.05) is 19.8 Å². The first-order valence-corrected chi connectivity index (χ1v) is 10.1. The summed E-state index contributed by atoms with van der Waals surface area (Å²) >= 11 is 0. The maximum Gasteiger partial charge on any atom is 0.410 e. The van der Waals surface area contributed by atoms with Gasteiger partial charge in [-0.05, 0) is 28.7 Å². The van der Waals surface area contributed by atoms with Gasteiger partial charge in [0.2, 0.25) is 0 Å². The van der Waals surface area contributed by atoms with Gasteiger partial charge in [-0.2, -0.15) is 0 Å². The number of likely N-dealkylation sites (tertiary alicyclic amines) is 1. The molecule has 28 heavy (non-hydrogen) atoms. The first-order valence-electron chi connectivity index (χ1n) is 10.1. The number of ether oxygens (including phenoxy) is 2. The Morgan fingerprint density at radius 1 is 1.14 bits per heavy atom. The van der Waals surface area contributed by atoms with Crippen LogP contribution < -0.4 is 0 Å². The van der Waals surface area contributed by atoms with Crippen LogP contribution in [0.2, 0.25) is 0 Å². The van der Waals surface area contributed by atoms with Gasteiger partial charge in [0, 0.05) is 18.4 Å². The maximum atomic E-state index is 12.9. The second kappa shape index (κ2) is 6.90. The summed E-state index contributed by atoms with van der Waals surface area (Å²) in [7, 11) is 0. The summed E-state index contributed by atoms with van der Waals surface area (Å²) in [5.41, 5.74) is 4.83. The Labute approximate surface area is 164 Å². The van der Waals surface area contributed by atoms with E-state index in [0.717, 1.165) is 6.42 Å². The second-order valence-corrected chi connectivity index (χ2v) is 7.98. The molecule has 2 aromatic rings. The molecule has 2 aliphatic heterocycles. The lowest BCUT2D eigenvalue weighted by atomic mass is 9.98. The fourth-order valence-corrected chi connectivity index (χ4v) is 5.14. The Hall–Kier alpha value is -2.37. The Kier molecular flexibility index (Phi) is 4.37. The van der Waals surface area contributed by atoms with Crippen molar-refractivity contribution in [3.8, 4) is 11.1 Å². The smallest absolute Gasteiger partial charge is 0.410 e. The molecular weight excluding hydrogens is 354 g/mol. The van der Waals surface area contributed by atoms with Gasteiger partial charge in [-0.1, -0.05) is 55.5 Å². The van der Waals surface area contributed by atoms with E-state index in [4.69, 9.17) is 9.47 Å². The number of hydrogen-bond donors (Lipinski definition) is 1. The van der Waals surface area contributed by atoms with Crippen LogP contribution in [-0.2, 0) is 9.47 Å². The minimum absolute atomic E-state index is 0.0430. The SMILES string of the molecule is CC[C@@H]1CN(C(=O)OCC2c3ccccc3-c3ccccc32)[C@H]2[C@@H]1OC[C@@H]2O. The average molecular weight is 379 g/mol. The lowest BCUT2D eigenvalue weighted by Gasteiger charge is -2.25. The van der Waals surface area contributed by atoms with Crippen molar-refractivity contribution in [2.24, 2.45) is 5.92 Å². The van der Waals surface area contributed by atoms with Crippen LogP contribution in [0.3, 0.4) is 0 Å². The monoisotopic (exact) mass is 379 g/mol. The van der Waals surface area contributed by atoms with Crippen molar-refractivity contribution < 1.29 is 19.4 Å². The number of carbonyl (C=O) groups is 1. The zero-order valence-corrected chi connectivity index (χ0v) is 16.0. The minimum Gasteiger partial charge on any atom is -0.448 e. The third kappa shape index (κ3) is 2.65. The molecule has 5 nitrogen and oxygen atoms in total. The molecule has 5 rings (SSSR count). The fraction of sp³-hybridized carbons (Fsp3) is 0.435. The summed E-state index contributed by atoms with van der Waals surface area (Å²) in [5, 5.41) is 10.3. The van der Waals surface area contributed by atoms with Crippen LogP contribution in [-0.4, -0.2) is 54.1 Å². The van der Waals surface area contributed by atoms with E-state index in [0.29, 0.717) is 19.8 Å². The van der Waals surface area contributed by atoms with E-state index in [-0.39, 0.29) is 30.1 Å². The molecule has 0 radical (unpaired) electrons. The Bertz CT molecular complexity index is 852. The van der Waals surface area contributed by atoms with Crippen LogP contribution in [0.5, 0.6) is 0 Å². The lowest BCUT2D eigenvalue weighted by Crippen LogP contribution is -2.44. The molecule has 1 aliphatic carbocycles. The van der Waals surface area contributed by atoms with Gasteiger partial charge in [0.05, 0.1) is 18.8 Å². The van der Waals surface area contributed by atoms with Crippen LogP contribution >= 0.6 is 0 Å². The molecule has 2 aromatic carbocycles. The second-order valence-electron chi connectivity index (χ2n) is 7.98. The van der Waals surface area contributed by atoms with E-state index >= 15 is 0 Å². The number of benzene rings is 2. The van der Waals surface area contributed by atoms with E-state index in [2.05, 4.69) is 31.2 Å². The van der Waals surface area contributed by atoms with E-state index in [1.54, 1.807) is 4.90 Å². The van der Waals surface area contributed by atoms with Crippen molar-refractivity contribution in [1.29, 1.82) is 0 Å². The summed E-state index contributed by atoms with van der Waals surface area (Å²) in [6, 6.07) is 16.3. The van der Waals surface area contributed by atoms with E-state index < -0.39 is 6.10 Å². The van der Waals surface area contributed by atoms with Gasteiger partial charge in [0.1, 0.15) is 12.7 Å². The molecule has 3 aliphatic rings. The van der Waals surface area contributed by atoms with Gasteiger partial charge >= 0.3 is 6.09 Å². The zero-order valence-electron chi connectivity index (χ0n) is 16.0. The standard InChI is InChI=1S/C23H25NO4/c1-2-14-11-24(21-20(25)13-27-22(14)21)23(26)28-12-19-17-9-5-3-7-15(17)16-8-4-6-10-18(16)19/h3-10,14,19-22,25H,2,11-13H2,1H3/t14-,20+,21-,22-/m1/s1. The molecular formula is C23H25NO4. The van der Waals surface area contributed by atoms with Crippen molar-refractivity contribution in [3.05, 3.63) is 59.7 Å². The van der Waals surface area contributed by atoms with Gasteiger partial charge in [-0.15, -0.1) is 0 Å². The van der Waals surface area contributed by atoms with Crippen LogP contribution in [0.15, 0.2) is 48.5 Å². The highest BCUT2D eigenvalue weighted by Crippen LogP contribution is 2.44. The molecule has 5 heteroatoms. The number of aliphatic hydroxyl groups is 1. The van der Waals surface area contributed by atoms with Gasteiger partial charge < -0.3 is 14.6 Å². The molecule has 1 N–H and O–H groups in total. The Morgan fingerprint density at radius 3 is 2.43 bits per heavy atom. The molecule has 0 spiro atoms. The molecule has 1 amide bonds. The van der Waals surface area contributed by atoms with Gasteiger partial charge in [0.25, 0.3) is 0 Å². The maximum absolute atomic E-state index is 12.9. The molecule has 2 fully saturated rings. The lowest BCUT2D eigenvalue weighted by molar-refractivity contribution is 0.0555. The molecule has 0 saturated carbocycles. The number of aliphatic hydroxyl groups excluding tert-OH is 1. The number of hydrogen-bond acceptors (Lipinski definition) is 4. The number of amides is 1. The highest BCUT2D eigenvalue weighted by Gasteiger charge is 2.52. The minimum atomic E-state index is -0.637. The van der Waals surface area contributed by atoms with Crippen LogP contribution in [0, 0.1) is 5.92 Å². The molecule has 4 atom stereocenters. The number of carbonyl (C=O) groups excluding carboxylic acids is 1. The average Bonchev–Trinajstić information content (AvgIpc) is 3.38. The summed E-state index contributed by atoms with van der Waals surface area (Å²) in [4.78, 5) is 14.6. The van der Waals surface area contributed by atoms with Crippen LogP contribution in [0.25, 0.3) is 11.1 Å². The summed E-state index contributed by atoms with van der Waals surface area (Å²) < 4.78 is 11.5. The summed E-state index contributed by atoms with van der Waals surface area (Å²) in [5.74, 6) is 0.295. The topological polar surface area (TPSA) is 59.0 Å². The molecule has 2 saturated heterocycles. The van der Waals surface area contributed by atoms with Crippen molar-refractivity contribution in [2.45, 2.75) is 37.5 Å². The van der Waals surface area contributed by atoms with Gasteiger partial charge in [-0.3, -0.25) is 4.90 Å². The molecule has 146 valence electrons. The fourth-order valence-electron chi connectivity index (χ4n) is 5.14. The predicted molar refractivity (Wildman–Crippen MR) is 105 cm³/mol. The quantitative estimate of drug-likeness (QED) is 0.888. The van der Waals surface area contributed by atoms with E-state index in [1.807, 2.05) is 24.3 Å². The largest absolute Gasteiger partial charge is 0.448 e. The van der Waals surface area contributed by atoms with E-state index in [1.165, 1.54) is 22.3 Å². The van der Waals surface area contributed by atoms with Gasteiger partial charge in [0.15, 0.2) is 0 Å². The van der Waals surface area contributed by atoms with Crippen LogP contribution in [0.1, 0.15) is 30.4 Å². The number of nitrogens with zero attached hydrogens (tertiary/aromatic N) is 1. The zero-order chi connectivity index (χ0) is 19.3. The third-order valence-electron chi connectivity index (χ3n) is 6.54. The third-order valence-corrected chi connectivity index (χ3v) is 6.54. The summed E-state index contributed by atoms with van der Waals surface area (Å²) in [6.07, 6.45) is -0.152. The highest BCUT2D eigenvalue weighted by molar-refractivity contribution is 5.79. The van der Waals surface area contributed by atoms with Crippen molar-refractivity contribution in [3.63, 3.8) is 0 Å². The van der Waals surface area contributed by atoms with Crippen molar-refractivity contribution >= 4 is 6.09 Å². The molecule has 0 aromatic heterocycles. The Balaban J connectivity index is 1.35. The molecule has 0 unspecified atom stereocenters. The summed E-state index contributed by atoms with van der Waals surface area (Å²) in [6.45, 7) is 3.27. The number of fused-ring (bicyclic) bond motifs is 4. The first-order chi connectivity index (χ1) is 13.7. The van der Waals surface area contributed by atoms with Crippen LogP contribution in [0.4, 0.5) is 4.79 Å². The van der Waals surface area contributed by atoms with Crippen molar-refractivity contribution in [1.82, 2.24) is 4.90 Å².